The second-order valence-corrected chi connectivity index (χ2v) is 7.35. The molecule has 0 atom stereocenters. The Kier molecular flexibility index (Phi) is 6.87. The summed E-state index contributed by atoms with van der Waals surface area (Å²) in [4.78, 5) is 8.28. The summed E-state index contributed by atoms with van der Waals surface area (Å²) in [5.74, 6) is 0.451. The number of benzene rings is 3. The van der Waals surface area contributed by atoms with Crippen LogP contribution in [-0.2, 0) is 19.6 Å². The topological polar surface area (TPSA) is 67.1 Å². The van der Waals surface area contributed by atoms with Crippen LogP contribution in [0.1, 0.15) is 16.7 Å². The minimum absolute atomic E-state index is 0.237. The molecule has 7 heteroatoms. The zero-order chi connectivity index (χ0) is 22.2. The molecule has 0 saturated carbocycles. The molecule has 6 nitrogen and oxygen atoms in total. The Bertz CT molecular complexity index is 1150. The van der Waals surface area contributed by atoms with Gasteiger partial charge >= 0.3 is 0 Å². The van der Waals surface area contributed by atoms with E-state index in [-0.39, 0.29) is 5.82 Å². The summed E-state index contributed by atoms with van der Waals surface area (Å²) in [7, 11) is 1.74. The van der Waals surface area contributed by atoms with Crippen molar-refractivity contribution >= 4 is 5.96 Å². The SMILES string of the molecule is CN=C(NCc1ccc(F)cc1)NCc1ccccc1-c1ccc(Cn2cncn2)cc1. The molecule has 0 aliphatic heterocycles. The number of aliphatic imine (C=N–C) groups is 1. The Labute approximate surface area is 186 Å². The summed E-state index contributed by atoms with van der Waals surface area (Å²) in [5, 5.41) is 10.8. The van der Waals surface area contributed by atoms with Gasteiger partial charge in [-0.15, -0.1) is 0 Å². The van der Waals surface area contributed by atoms with E-state index in [2.05, 4.69) is 62.1 Å². The molecule has 0 fully saturated rings. The molecule has 3 aromatic carbocycles. The van der Waals surface area contributed by atoms with Gasteiger partial charge < -0.3 is 10.6 Å². The first-order valence-corrected chi connectivity index (χ1v) is 10.4. The number of aromatic nitrogens is 3. The second kappa shape index (κ2) is 10.3. The van der Waals surface area contributed by atoms with E-state index < -0.39 is 0 Å². The Morgan fingerprint density at radius 3 is 2.34 bits per heavy atom. The fourth-order valence-electron chi connectivity index (χ4n) is 3.43. The standard InChI is InChI=1S/C25H25FN6/c1-27-25(29-14-19-8-12-23(26)13-9-19)30-15-22-4-2-3-5-24(22)21-10-6-20(7-11-21)16-32-18-28-17-31-32/h2-13,17-18H,14-16H2,1H3,(H2,27,29,30). The van der Waals surface area contributed by atoms with Crippen molar-refractivity contribution in [1.82, 2.24) is 25.4 Å². The monoisotopic (exact) mass is 428 g/mol. The van der Waals surface area contributed by atoms with Crippen LogP contribution in [0.3, 0.4) is 0 Å². The lowest BCUT2D eigenvalue weighted by molar-refractivity contribution is 0.626. The number of hydrogen-bond donors (Lipinski definition) is 2. The van der Waals surface area contributed by atoms with Gasteiger partial charge in [0.2, 0.25) is 0 Å². The first kappa shape index (κ1) is 21.2. The van der Waals surface area contributed by atoms with E-state index in [9.17, 15) is 4.39 Å². The van der Waals surface area contributed by atoms with Crippen molar-refractivity contribution < 1.29 is 4.39 Å². The van der Waals surface area contributed by atoms with E-state index in [1.807, 2.05) is 12.1 Å². The van der Waals surface area contributed by atoms with Gasteiger partial charge in [-0.3, -0.25) is 4.99 Å². The van der Waals surface area contributed by atoms with E-state index in [0.29, 0.717) is 25.6 Å². The number of nitrogens with one attached hydrogen (secondary N) is 2. The lowest BCUT2D eigenvalue weighted by atomic mass is 9.98. The molecule has 1 aromatic heterocycles. The molecule has 0 aliphatic carbocycles. The number of guanidine groups is 1. The molecular weight excluding hydrogens is 403 g/mol. The van der Waals surface area contributed by atoms with Crippen LogP contribution in [0.4, 0.5) is 4.39 Å². The number of halogens is 1. The van der Waals surface area contributed by atoms with Gasteiger partial charge in [0.1, 0.15) is 18.5 Å². The van der Waals surface area contributed by atoms with Gasteiger partial charge in [-0.2, -0.15) is 5.10 Å². The smallest absolute Gasteiger partial charge is 0.191 e. The number of hydrogen-bond acceptors (Lipinski definition) is 3. The molecule has 162 valence electrons. The van der Waals surface area contributed by atoms with Gasteiger partial charge in [0.05, 0.1) is 6.54 Å². The third kappa shape index (κ3) is 5.57. The predicted molar refractivity (Wildman–Crippen MR) is 124 cm³/mol. The van der Waals surface area contributed by atoms with Gasteiger partial charge in [-0.05, 0) is 39.9 Å². The fourth-order valence-corrected chi connectivity index (χ4v) is 3.43. The highest BCUT2D eigenvalue weighted by Gasteiger charge is 2.07. The summed E-state index contributed by atoms with van der Waals surface area (Å²) in [6, 6.07) is 23.2. The van der Waals surface area contributed by atoms with Crippen molar-refractivity contribution in [3.05, 3.63) is 108 Å². The van der Waals surface area contributed by atoms with Crippen molar-refractivity contribution in [2.75, 3.05) is 7.05 Å². The Morgan fingerprint density at radius 1 is 0.906 bits per heavy atom. The molecule has 0 unspecified atom stereocenters. The van der Waals surface area contributed by atoms with Crippen LogP contribution in [0.2, 0.25) is 0 Å². The van der Waals surface area contributed by atoms with Crippen molar-refractivity contribution in [2.45, 2.75) is 19.6 Å². The molecule has 0 bridgehead atoms. The van der Waals surface area contributed by atoms with Gasteiger partial charge in [-0.1, -0.05) is 60.7 Å². The normalized spacial score (nSPS) is 11.4. The van der Waals surface area contributed by atoms with E-state index in [4.69, 9.17) is 0 Å². The molecule has 32 heavy (non-hydrogen) atoms. The summed E-state index contributed by atoms with van der Waals surface area (Å²) in [6.07, 6.45) is 3.26. The van der Waals surface area contributed by atoms with Crippen LogP contribution in [0.25, 0.3) is 11.1 Å². The third-order valence-corrected chi connectivity index (χ3v) is 5.14. The highest BCUT2D eigenvalue weighted by molar-refractivity contribution is 5.80. The highest BCUT2D eigenvalue weighted by atomic mass is 19.1. The maximum absolute atomic E-state index is 13.1. The Balaban J connectivity index is 1.39. The van der Waals surface area contributed by atoms with Crippen LogP contribution in [-0.4, -0.2) is 27.8 Å². The summed E-state index contributed by atoms with van der Waals surface area (Å²) in [5.41, 5.74) is 5.64. The minimum Gasteiger partial charge on any atom is -0.352 e. The first-order valence-electron chi connectivity index (χ1n) is 10.4. The second-order valence-electron chi connectivity index (χ2n) is 7.35. The van der Waals surface area contributed by atoms with Gasteiger partial charge in [-0.25, -0.2) is 14.1 Å². The zero-order valence-electron chi connectivity index (χ0n) is 17.9. The molecule has 2 N–H and O–H groups in total. The molecule has 0 amide bonds. The molecule has 0 aliphatic rings. The van der Waals surface area contributed by atoms with Crippen molar-refractivity contribution in [2.24, 2.45) is 4.99 Å². The van der Waals surface area contributed by atoms with Crippen molar-refractivity contribution in [3.8, 4) is 11.1 Å². The van der Waals surface area contributed by atoms with Crippen LogP contribution in [0.15, 0.2) is 90.4 Å². The largest absolute Gasteiger partial charge is 0.352 e. The minimum atomic E-state index is -0.237. The molecule has 0 radical (unpaired) electrons. The molecule has 0 spiro atoms. The summed E-state index contributed by atoms with van der Waals surface area (Å²) < 4.78 is 14.9. The fraction of sp³-hybridized carbons (Fsp3) is 0.160. The molecule has 0 saturated heterocycles. The predicted octanol–water partition coefficient (Wildman–Crippen LogP) is 4.00. The summed E-state index contributed by atoms with van der Waals surface area (Å²) >= 11 is 0. The quantitative estimate of drug-likeness (QED) is 0.345. The van der Waals surface area contributed by atoms with Crippen molar-refractivity contribution in [3.63, 3.8) is 0 Å². The van der Waals surface area contributed by atoms with E-state index >= 15 is 0 Å². The van der Waals surface area contributed by atoms with E-state index in [1.165, 1.54) is 28.8 Å². The average Bonchev–Trinajstić information content (AvgIpc) is 3.34. The highest BCUT2D eigenvalue weighted by Crippen LogP contribution is 2.24. The van der Waals surface area contributed by atoms with Crippen LogP contribution >= 0.6 is 0 Å². The molecular formula is C25H25FN6. The molecule has 1 heterocycles. The lowest BCUT2D eigenvalue weighted by Crippen LogP contribution is -2.36. The maximum Gasteiger partial charge on any atom is 0.191 e. The zero-order valence-corrected chi connectivity index (χ0v) is 17.9. The van der Waals surface area contributed by atoms with Gasteiger partial charge in [0.15, 0.2) is 5.96 Å². The Morgan fingerprint density at radius 2 is 1.62 bits per heavy atom. The summed E-state index contributed by atoms with van der Waals surface area (Å²) in [6.45, 7) is 1.88. The van der Waals surface area contributed by atoms with Gasteiger partial charge in [0, 0.05) is 20.1 Å². The number of rotatable bonds is 7. The number of nitrogens with zero attached hydrogens (tertiary/aromatic N) is 4. The lowest BCUT2D eigenvalue weighted by Gasteiger charge is -2.15. The van der Waals surface area contributed by atoms with Crippen LogP contribution in [0, 0.1) is 5.82 Å². The molecule has 4 aromatic rings. The van der Waals surface area contributed by atoms with Crippen LogP contribution < -0.4 is 10.6 Å². The maximum atomic E-state index is 13.1. The van der Waals surface area contributed by atoms with E-state index in [0.717, 1.165) is 11.1 Å². The Hall–Kier alpha value is -4.00. The third-order valence-electron chi connectivity index (χ3n) is 5.14. The van der Waals surface area contributed by atoms with E-state index in [1.54, 1.807) is 36.5 Å². The molecule has 4 rings (SSSR count). The van der Waals surface area contributed by atoms with Gasteiger partial charge in [0.25, 0.3) is 0 Å². The van der Waals surface area contributed by atoms with Crippen LogP contribution in [0.5, 0.6) is 0 Å². The average molecular weight is 429 g/mol. The van der Waals surface area contributed by atoms with Crippen molar-refractivity contribution in [1.29, 1.82) is 0 Å². The first-order chi connectivity index (χ1) is 15.7.